The largest absolute Gasteiger partial charge is 0.465 e. The summed E-state index contributed by atoms with van der Waals surface area (Å²) in [7, 11) is 1.24. The summed E-state index contributed by atoms with van der Waals surface area (Å²) >= 11 is 0. The normalized spacial score (nSPS) is 13.4. The van der Waals surface area contributed by atoms with Gasteiger partial charge >= 0.3 is 5.97 Å². The monoisotopic (exact) mass is 323 g/mol. The summed E-state index contributed by atoms with van der Waals surface area (Å²) in [6.45, 7) is 0. The molecule has 2 aromatic rings. The molecule has 0 saturated heterocycles. The van der Waals surface area contributed by atoms with Crippen molar-refractivity contribution in [2.75, 3.05) is 7.11 Å². The van der Waals surface area contributed by atoms with Crippen LogP contribution in [-0.4, -0.2) is 28.3 Å². The van der Waals surface area contributed by atoms with E-state index in [1.54, 1.807) is 12.1 Å². The number of ether oxygens (including phenoxy) is 1. The molecule has 1 heterocycles. The molecule has 0 radical (unpaired) electrons. The highest BCUT2D eigenvalue weighted by molar-refractivity contribution is 5.89. The van der Waals surface area contributed by atoms with Gasteiger partial charge in [0.1, 0.15) is 0 Å². The topological polar surface area (TPSA) is 79.7 Å². The van der Waals surface area contributed by atoms with Crippen LogP contribution >= 0.6 is 0 Å². The molecule has 0 spiro atoms. The van der Waals surface area contributed by atoms with E-state index >= 15 is 0 Å². The summed E-state index contributed by atoms with van der Waals surface area (Å²) < 4.78 is 30.9. The Morgan fingerprint density at radius 3 is 2.61 bits per heavy atom. The highest BCUT2D eigenvalue weighted by Gasteiger charge is 2.20. The van der Waals surface area contributed by atoms with E-state index in [1.165, 1.54) is 19.2 Å². The first-order valence-corrected chi connectivity index (χ1v) is 6.78. The number of aliphatic hydroxyl groups excluding tert-OH is 2. The van der Waals surface area contributed by atoms with Crippen LogP contribution in [0.4, 0.5) is 8.78 Å². The van der Waals surface area contributed by atoms with Crippen LogP contribution in [0, 0.1) is 11.9 Å². The number of aromatic nitrogens is 1. The van der Waals surface area contributed by atoms with Gasteiger partial charge in [-0.1, -0.05) is 12.1 Å². The van der Waals surface area contributed by atoms with Crippen molar-refractivity contribution in [2.24, 2.45) is 0 Å². The average molecular weight is 323 g/mol. The molecule has 0 aliphatic rings. The number of carbonyl (C=O) groups is 1. The maximum absolute atomic E-state index is 13.5. The molecular formula is C16H15F2NO4. The molecule has 0 saturated carbocycles. The van der Waals surface area contributed by atoms with Gasteiger partial charge in [-0.3, -0.25) is 0 Å². The molecule has 5 nitrogen and oxygen atoms in total. The third kappa shape index (κ3) is 4.08. The van der Waals surface area contributed by atoms with Crippen molar-refractivity contribution in [3.8, 4) is 0 Å². The van der Waals surface area contributed by atoms with Crippen LogP contribution in [0.5, 0.6) is 0 Å². The summed E-state index contributed by atoms with van der Waals surface area (Å²) in [5.74, 6) is -2.69. The quantitative estimate of drug-likeness (QED) is 0.652. The third-order valence-electron chi connectivity index (χ3n) is 3.34. The lowest BCUT2D eigenvalue weighted by atomic mass is 9.98. The van der Waals surface area contributed by atoms with Crippen molar-refractivity contribution in [2.45, 2.75) is 18.6 Å². The van der Waals surface area contributed by atoms with Gasteiger partial charge in [0.15, 0.2) is 0 Å². The van der Waals surface area contributed by atoms with Crippen LogP contribution in [0.15, 0.2) is 36.4 Å². The number of rotatable bonds is 5. The van der Waals surface area contributed by atoms with E-state index in [0.717, 1.165) is 12.1 Å². The number of aliphatic hydroxyl groups is 2. The molecule has 0 aliphatic heterocycles. The van der Waals surface area contributed by atoms with Gasteiger partial charge in [0.2, 0.25) is 11.9 Å². The predicted molar refractivity (Wildman–Crippen MR) is 76.5 cm³/mol. The van der Waals surface area contributed by atoms with Gasteiger partial charge in [-0.25, -0.2) is 4.79 Å². The number of methoxy groups -OCH3 is 1. The van der Waals surface area contributed by atoms with Gasteiger partial charge < -0.3 is 14.9 Å². The van der Waals surface area contributed by atoms with Crippen molar-refractivity contribution < 1.29 is 28.5 Å². The highest BCUT2D eigenvalue weighted by Crippen LogP contribution is 2.28. The summed E-state index contributed by atoms with van der Waals surface area (Å²) in [4.78, 5) is 14.4. The zero-order valence-electron chi connectivity index (χ0n) is 12.2. The summed E-state index contributed by atoms with van der Waals surface area (Å²) in [5.41, 5.74) is 0.394. The Balaban J connectivity index is 2.15. The predicted octanol–water partition coefficient (Wildman–Crippen LogP) is 2.30. The zero-order chi connectivity index (χ0) is 17.0. The van der Waals surface area contributed by atoms with E-state index in [9.17, 15) is 23.8 Å². The molecule has 0 amide bonds. The average Bonchev–Trinajstić information content (AvgIpc) is 2.54. The molecule has 2 unspecified atom stereocenters. The number of benzene rings is 1. The molecule has 0 aliphatic carbocycles. The van der Waals surface area contributed by atoms with Gasteiger partial charge in [-0.15, -0.1) is 0 Å². The first-order chi connectivity index (χ1) is 10.9. The second-order valence-electron chi connectivity index (χ2n) is 4.90. The molecule has 2 rings (SSSR count). The lowest BCUT2D eigenvalue weighted by molar-refractivity contribution is 0.0600. The van der Waals surface area contributed by atoms with Crippen LogP contribution in [0.1, 0.15) is 40.1 Å². The molecule has 7 heteroatoms. The van der Waals surface area contributed by atoms with Crippen LogP contribution in [0.25, 0.3) is 0 Å². The Labute approximate surface area is 131 Å². The molecular weight excluding hydrogens is 308 g/mol. The van der Waals surface area contributed by atoms with E-state index in [0.29, 0.717) is 5.56 Å². The molecule has 1 aromatic heterocycles. The molecule has 2 atom stereocenters. The van der Waals surface area contributed by atoms with Crippen LogP contribution in [0.2, 0.25) is 0 Å². The number of halogens is 2. The van der Waals surface area contributed by atoms with Gasteiger partial charge in [0.05, 0.1) is 24.9 Å². The number of pyridine rings is 1. The fourth-order valence-corrected chi connectivity index (χ4v) is 2.14. The Morgan fingerprint density at radius 1 is 1.22 bits per heavy atom. The van der Waals surface area contributed by atoms with E-state index in [-0.39, 0.29) is 17.5 Å². The fraction of sp³-hybridized carbons (Fsp3) is 0.250. The maximum atomic E-state index is 13.5. The van der Waals surface area contributed by atoms with Gasteiger partial charge in [0, 0.05) is 12.0 Å². The minimum atomic E-state index is -1.38. The molecule has 122 valence electrons. The standard InChI is InChI=1S/C16H15F2NO4/c1-23-16(22)10-4-2-3-9(7-10)12(20)8-13(21)11-5-6-14(17)19-15(11)18/h2-7,12-13,20-21H,8H2,1H3. The van der Waals surface area contributed by atoms with Crippen LogP contribution < -0.4 is 0 Å². The number of hydrogen-bond donors (Lipinski definition) is 2. The fourth-order valence-electron chi connectivity index (χ4n) is 2.14. The maximum Gasteiger partial charge on any atom is 0.337 e. The van der Waals surface area contributed by atoms with Gasteiger partial charge in [-0.2, -0.15) is 13.8 Å². The summed E-state index contributed by atoms with van der Waals surface area (Å²) in [6, 6.07) is 8.04. The second kappa shape index (κ2) is 7.26. The number of carbonyl (C=O) groups excluding carboxylic acids is 1. The smallest absolute Gasteiger partial charge is 0.337 e. The van der Waals surface area contributed by atoms with Crippen molar-refractivity contribution in [1.29, 1.82) is 0 Å². The van der Waals surface area contributed by atoms with E-state index in [4.69, 9.17) is 0 Å². The lowest BCUT2D eigenvalue weighted by Crippen LogP contribution is -2.10. The second-order valence-corrected chi connectivity index (χ2v) is 4.90. The number of nitrogens with zero attached hydrogens (tertiary/aromatic N) is 1. The van der Waals surface area contributed by atoms with E-state index in [1.807, 2.05) is 0 Å². The van der Waals surface area contributed by atoms with Gasteiger partial charge in [-0.05, 0) is 29.8 Å². The van der Waals surface area contributed by atoms with Crippen molar-refractivity contribution >= 4 is 5.97 Å². The molecule has 2 N–H and O–H groups in total. The number of esters is 1. The Hall–Kier alpha value is -2.38. The van der Waals surface area contributed by atoms with Crippen LogP contribution in [0.3, 0.4) is 0 Å². The Kier molecular flexibility index (Phi) is 5.36. The molecule has 23 heavy (non-hydrogen) atoms. The van der Waals surface area contributed by atoms with Crippen LogP contribution in [-0.2, 0) is 4.74 Å². The van der Waals surface area contributed by atoms with E-state index < -0.39 is 30.1 Å². The summed E-state index contributed by atoms with van der Waals surface area (Å²) in [6.07, 6.45) is -2.77. The van der Waals surface area contributed by atoms with Gasteiger partial charge in [0.25, 0.3) is 0 Å². The minimum absolute atomic E-state index is 0.213. The molecule has 0 bridgehead atoms. The highest BCUT2D eigenvalue weighted by atomic mass is 19.1. The summed E-state index contributed by atoms with van der Waals surface area (Å²) in [5, 5.41) is 20.1. The first kappa shape index (κ1) is 17.0. The minimum Gasteiger partial charge on any atom is -0.465 e. The SMILES string of the molecule is COC(=O)c1cccc(C(O)CC(O)c2ccc(F)nc2F)c1. The zero-order valence-corrected chi connectivity index (χ0v) is 12.2. The van der Waals surface area contributed by atoms with Crippen molar-refractivity contribution in [1.82, 2.24) is 4.98 Å². The molecule has 1 aromatic carbocycles. The first-order valence-electron chi connectivity index (χ1n) is 6.78. The Morgan fingerprint density at radius 2 is 1.96 bits per heavy atom. The molecule has 0 fully saturated rings. The third-order valence-corrected chi connectivity index (χ3v) is 3.34. The van der Waals surface area contributed by atoms with E-state index in [2.05, 4.69) is 9.72 Å². The van der Waals surface area contributed by atoms with Crippen molar-refractivity contribution in [3.05, 3.63) is 65.0 Å². The Bertz CT molecular complexity index is 708. The van der Waals surface area contributed by atoms with Crippen molar-refractivity contribution in [3.63, 3.8) is 0 Å². The lowest BCUT2D eigenvalue weighted by Gasteiger charge is -2.17. The number of hydrogen-bond acceptors (Lipinski definition) is 5.